The molecule has 0 aliphatic rings. The molecule has 26 heavy (non-hydrogen) atoms. The number of carbonyl (C=O) groups is 3. The number of nitrogens with zero attached hydrogens (tertiary/aromatic N) is 1. The van der Waals surface area contributed by atoms with Gasteiger partial charge in [0.25, 0.3) is 11.8 Å². The molecule has 7 nitrogen and oxygen atoms in total. The van der Waals surface area contributed by atoms with Gasteiger partial charge in [-0.05, 0) is 23.6 Å². The Kier molecular flexibility index (Phi) is 7.67. The third kappa shape index (κ3) is 6.23. The van der Waals surface area contributed by atoms with Crippen molar-refractivity contribution in [1.29, 1.82) is 5.26 Å². The summed E-state index contributed by atoms with van der Waals surface area (Å²) in [5, 5.41) is 15.5. The lowest BCUT2D eigenvalue weighted by Gasteiger charge is -2.10. The van der Waals surface area contributed by atoms with Crippen LogP contribution in [0, 0.1) is 11.3 Å². The minimum absolute atomic E-state index is 0.256. The molecule has 134 valence electrons. The minimum Gasteiger partial charge on any atom is -0.454 e. The first-order valence-electron chi connectivity index (χ1n) is 7.46. The van der Waals surface area contributed by atoms with Gasteiger partial charge in [0.15, 0.2) is 6.61 Å². The molecule has 0 unspecified atom stereocenters. The van der Waals surface area contributed by atoms with Crippen molar-refractivity contribution in [3.05, 3.63) is 46.7 Å². The van der Waals surface area contributed by atoms with E-state index in [9.17, 15) is 14.4 Å². The Morgan fingerprint density at radius 2 is 2.00 bits per heavy atom. The molecule has 0 saturated heterocycles. The van der Waals surface area contributed by atoms with E-state index in [4.69, 9.17) is 10.00 Å². The number of benzene rings is 1. The molecule has 0 atom stereocenters. The number of ether oxygens (including phenoxy) is 1. The molecule has 0 spiro atoms. The van der Waals surface area contributed by atoms with E-state index in [-0.39, 0.29) is 18.2 Å². The lowest BCUT2D eigenvalue weighted by atomic mass is 10.3. The van der Waals surface area contributed by atoms with Gasteiger partial charge in [0.2, 0.25) is 0 Å². The van der Waals surface area contributed by atoms with Crippen molar-refractivity contribution in [3.8, 4) is 6.07 Å². The van der Waals surface area contributed by atoms with Crippen molar-refractivity contribution < 1.29 is 19.1 Å². The molecule has 0 radical (unpaired) electrons. The zero-order chi connectivity index (χ0) is 18.8. The van der Waals surface area contributed by atoms with Gasteiger partial charge < -0.3 is 15.4 Å². The van der Waals surface area contributed by atoms with Crippen LogP contribution in [-0.4, -0.2) is 36.7 Å². The Bertz CT molecular complexity index is 816. The summed E-state index contributed by atoms with van der Waals surface area (Å²) in [6.45, 7) is -0.788. The SMILES string of the molecule is N#CCSc1ccccc1NC(=O)COC(=O)CNC(=O)c1cccs1. The lowest BCUT2D eigenvalue weighted by molar-refractivity contribution is -0.146. The van der Waals surface area contributed by atoms with Crippen LogP contribution in [0.1, 0.15) is 9.67 Å². The number of amides is 2. The fraction of sp³-hybridized carbons (Fsp3) is 0.176. The van der Waals surface area contributed by atoms with Crippen LogP contribution in [-0.2, 0) is 14.3 Å². The highest BCUT2D eigenvalue weighted by Crippen LogP contribution is 2.26. The van der Waals surface area contributed by atoms with Crippen LogP contribution in [0.3, 0.4) is 0 Å². The number of esters is 1. The van der Waals surface area contributed by atoms with Gasteiger partial charge in [-0.15, -0.1) is 23.1 Å². The standard InChI is InChI=1S/C17H15N3O4S2/c18-7-9-26-13-5-2-1-4-12(13)20-15(21)11-24-16(22)10-19-17(23)14-6-3-8-25-14/h1-6,8H,9-11H2,(H,19,23)(H,20,21). The highest BCUT2D eigenvalue weighted by molar-refractivity contribution is 7.99. The number of rotatable bonds is 8. The Balaban J connectivity index is 1.75. The molecule has 2 N–H and O–H groups in total. The number of thioether (sulfide) groups is 1. The van der Waals surface area contributed by atoms with E-state index in [1.807, 2.05) is 6.07 Å². The fourth-order valence-electron chi connectivity index (χ4n) is 1.84. The second-order valence-electron chi connectivity index (χ2n) is 4.81. The summed E-state index contributed by atoms with van der Waals surface area (Å²) in [5.41, 5.74) is 0.541. The molecule has 0 fully saturated rings. The van der Waals surface area contributed by atoms with Crippen molar-refractivity contribution in [2.45, 2.75) is 4.90 Å². The predicted octanol–water partition coefficient (Wildman–Crippen LogP) is 2.28. The third-order valence-corrected chi connectivity index (χ3v) is 4.76. The topological polar surface area (TPSA) is 108 Å². The summed E-state index contributed by atoms with van der Waals surface area (Å²) >= 11 is 2.55. The summed E-state index contributed by atoms with van der Waals surface area (Å²) in [4.78, 5) is 36.5. The van der Waals surface area contributed by atoms with Crippen LogP contribution >= 0.6 is 23.1 Å². The average Bonchev–Trinajstić information content (AvgIpc) is 3.18. The van der Waals surface area contributed by atoms with Gasteiger partial charge in [0.05, 0.1) is 22.4 Å². The van der Waals surface area contributed by atoms with Crippen molar-refractivity contribution in [2.75, 3.05) is 24.2 Å². The molecule has 0 bridgehead atoms. The third-order valence-electron chi connectivity index (χ3n) is 2.96. The first-order valence-corrected chi connectivity index (χ1v) is 9.32. The normalized spacial score (nSPS) is 9.81. The Hall–Kier alpha value is -2.83. The second-order valence-corrected chi connectivity index (χ2v) is 6.78. The number of hydrogen-bond acceptors (Lipinski definition) is 7. The summed E-state index contributed by atoms with van der Waals surface area (Å²) < 4.78 is 4.84. The van der Waals surface area contributed by atoms with E-state index in [1.165, 1.54) is 23.1 Å². The maximum Gasteiger partial charge on any atom is 0.325 e. The summed E-state index contributed by atoms with van der Waals surface area (Å²) in [7, 11) is 0. The molecule has 2 amide bonds. The van der Waals surface area contributed by atoms with E-state index in [0.29, 0.717) is 10.6 Å². The van der Waals surface area contributed by atoms with Crippen LogP contribution in [0.15, 0.2) is 46.7 Å². The van der Waals surface area contributed by atoms with Crippen molar-refractivity contribution in [2.24, 2.45) is 0 Å². The molecular formula is C17H15N3O4S2. The van der Waals surface area contributed by atoms with Gasteiger partial charge in [-0.3, -0.25) is 14.4 Å². The summed E-state index contributed by atoms with van der Waals surface area (Å²) in [6.07, 6.45) is 0. The number of para-hydroxylation sites is 1. The van der Waals surface area contributed by atoms with E-state index in [0.717, 1.165) is 4.90 Å². The maximum absolute atomic E-state index is 11.9. The van der Waals surface area contributed by atoms with Crippen molar-refractivity contribution in [3.63, 3.8) is 0 Å². The second kappa shape index (κ2) is 10.2. The predicted molar refractivity (Wildman–Crippen MR) is 99.0 cm³/mol. The van der Waals surface area contributed by atoms with Crippen LogP contribution in [0.5, 0.6) is 0 Å². The van der Waals surface area contributed by atoms with Gasteiger partial charge in [-0.25, -0.2) is 0 Å². The molecule has 2 rings (SSSR count). The van der Waals surface area contributed by atoms with E-state index in [2.05, 4.69) is 10.6 Å². The Morgan fingerprint density at radius 1 is 1.19 bits per heavy atom. The summed E-state index contributed by atoms with van der Waals surface area (Å²) in [5.74, 6) is -1.33. The quantitative estimate of drug-likeness (QED) is 0.530. The first kappa shape index (κ1) is 19.5. The average molecular weight is 389 g/mol. The molecule has 0 aliphatic heterocycles. The Labute approximate surface area is 158 Å². The number of carbonyl (C=O) groups excluding carboxylic acids is 3. The maximum atomic E-state index is 11.9. The molecule has 1 aromatic carbocycles. The molecule has 1 heterocycles. The van der Waals surface area contributed by atoms with E-state index >= 15 is 0 Å². The van der Waals surface area contributed by atoms with Gasteiger partial charge in [-0.1, -0.05) is 18.2 Å². The number of anilines is 1. The zero-order valence-corrected chi connectivity index (χ0v) is 15.2. The highest BCUT2D eigenvalue weighted by atomic mass is 32.2. The molecule has 1 aromatic heterocycles. The van der Waals surface area contributed by atoms with Crippen LogP contribution in [0.25, 0.3) is 0 Å². The number of hydrogen-bond donors (Lipinski definition) is 2. The van der Waals surface area contributed by atoms with Crippen LogP contribution in [0.4, 0.5) is 5.69 Å². The molecule has 9 heteroatoms. The first-order chi connectivity index (χ1) is 12.6. The van der Waals surface area contributed by atoms with Crippen molar-refractivity contribution >= 4 is 46.6 Å². The summed E-state index contributed by atoms with van der Waals surface area (Å²) in [6, 6.07) is 12.4. The molecule has 2 aromatic rings. The fourth-order valence-corrected chi connectivity index (χ4v) is 3.15. The zero-order valence-electron chi connectivity index (χ0n) is 13.6. The van der Waals surface area contributed by atoms with E-state index < -0.39 is 18.5 Å². The van der Waals surface area contributed by atoms with Gasteiger partial charge in [0.1, 0.15) is 6.54 Å². The highest BCUT2D eigenvalue weighted by Gasteiger charge is 2.12. The Morgan fingerprint density at radius 3 is 2.73 bits per heavy atom. The van der Waals surface area contributed by atoms with Gasteiger partial charge in [0, 0.05) is 4.90 Å². The van der Waals surface area contributed by atoms with E-state index in [1.54, 1.807) is 41.8 Å². The van der Waals surface area contributed by atoms with Crippen molar-refractivity contribution in [1.82, 2.24) is 5.32 Å². The molecule has 0 aliphatic carbocycles. The monoisotopic (exact) mass is 389 g/mol. The van der Waals surface area contributed by atoms with Gasteiger partial charge in [-0.2, -0.15) is 5.26 Å². The number of thiophene rings is 1. The lowest BCUT2D eigenvalue weighted by Crippen LogP contribution is -2.31. The minimum atomic E-state index is -0.711. The number of nitrogens with one attached hydrogen (secondary N) is 2. The molecule has 0 saturated carbocycles. The largest absolute Gasteiger partial charge is 0.454 e. The van der Waals surface area contributed by atoms with Crippen LogP contribution in [0.2, 0.25) is 0 Å². The molecular weight excluding hydrogens is 374 g/mol. The van der Waals surface area contributed by atoms with Crippen LogP contribution < -0.4 is 10.6 Å². The number of nitriles is 1. The smallest absolute Gasteiger partial charge is 0.325 e. The van der Waals surface area contributed by atoms with Gasteiger partial charge >= 0.3 is 5.97 Å².